The van der Waals surface area contributed by atoms with Crippen LogP contribution in [0.2, 0.25) is 0 Å². The van der Waals surface area contributed by atoms with Gasteiger partial charge >= 0.3 is 0 Å². The molecule has 1 unspecified atom stereocenters. The molecule has 0 radical (unpaired) electrons. The van der Waals surface area contributed by atoms with E-state index < -0.39 is 0 Å². The van der Waals surface area contributed by atoms with Gasteiger partial charge in [0.25, 0.3) is 0 Å². The first-order valence-electron chi connectivity index (χ1n) is 6.32. The van der Waals surface area contributed by atoms with Crippen LogP contribution in [-0.2, 0) is 0 Å². The fourth-order valence-corrected chi connectivity index (χ4v) is 2.56. The van der Waals surface area contributed by atoms with Gasteiger partial charge in [0.05, 0.1) is 18.8 Å². The molecule has 0 fully saturated rings. The lowest BCUT2D eigenvalue weighted by Gasteiger charge is -2.26. The Hall–Kier alpha value is -2.04. The predicted molar refractivity (Wildman–Crippen MR) is 71.2 cm³/mol. The number of methoxy groups -OCH3 is 1. The summed E-state index contributed by atoms with van der Waals surface area (Å²) in [7, 11) is 1.47. The highest BCUT2D eigenvalue weighted by Gasteiger charge is 2.22. The molecule has 19 heavy (non-hydrogen) atoms. The molecule has 4 nitrogen and oxygen atoms in total. The van der Waals surface area contributed by atoms with E-state index in [1.807, 2.05) is 19.2 Å². The third-order valence-electron chi connectivity index (χ3n) is 3.45. The smallest absolute Gasteiger partial charge is 0.203 e. The average Bonchev–Trinajstić information content (AvgIpc) is 2.78. The number of hydrogen-bond acceptors (Lipinski definition) is 3. The van der Waals surface area contributed by atoms with Gasteiger partial charge in [-0.25, -0.2) is 9.37 Å². The van der Waals surface area contributed by atoms with Crippen molar-refractivity contribution in [3.63, 3.8) is 0 Å². The fraction of sp³-hybridized carbons (Fsp3) is 0.357. The Morgan fingerprint density at radius 2 is 2.32 bits per heavy atom. The van der Waals surface area contributed by atoms with E-state index in [0.29, 0.717) is 0 Å². The van der Waals surface area contributed by atoms with E-state index in [-0.39, 0.29) is 17.6 Å². The Kier molecular flexibility index (Phi) is 2.89. The molecular formula is C14H16FN3O. The number of nitrogens with zero attached hydrogens (tertiary/aromatic N) is 2. The molecule has 100 valence electrons. The predicted octanol–water partition coefficient (Wildman–Crippen LogP) is 2.74. The van der Waals surface area contributed by atoms with E-state index in [2.05, 4.69) is 14.9 Å². The van der Waals surface area contributed by atoms with E-state index in [4.69, 9.17) is 4.74 Å². The van der Waals surface area contributed by atoms with Crippen molar-refractivity contribution in [3.8, 4) is 5.75 Å². The first-order valence-corrected chi connectivity index (χ1v) is 6.32. The molecule has 1 aromatic carbocycles. The standard InChI is InChI=1S/C14H16FN3O/c1-9-8-18-12(5-6-16-14(18)17-9)10-3-4-13(19-2)11(15)7-10/h3-4,7-8,12H,5-6H2,1-2H3,(H,16,17). The number of halogens is 1. The van der Waals surface area contributed by atoms with Gasteiger partial charge in [-0.3, -0.25) is 0 Å². The van der Waals surface area contributed by atoms with E-state index in [0.717, 1.165) is 30.2 Å². The molecule has 2 heterocycles. The van der Waals surface area contributed by atoms with Crippen LogP contribution in [0.15, 0.2) is 24.4 Å². The van der Waals surface area contributed by atoms with Crippen molar-refractivity contribution in [2.24, 2.45) is 0 Å². The molecule has 1 aromatic heterocycles. The Labute approximate surface area is 111 Å². The van der Waals surface area contributed by atoms with Gasteiger partial charge in [0.2, 0.25) is 5.95 Å². The second kappa shape index (κ2) is 4.57. The molecule has 0 spiro atoms. The first-order chi connectivity index (χ1) is 9.19. The van der Waals surface area contributed by atoms with Gasteiger partial charge in [-0.2, -0.15) is 0 Å². The maximum Gasteiger partial charge on any atom is 0.203 e. The quantitative estimate of drug-likeness (QED) is 0.903. The van der Waals surface area contributed by atoms with Crippen LogP contribution in [0.3, 0.4) is 0 Å². The highest BCUT2D eigenvalue weighted by molar-refractivity contribution is 5.38. The highest BCUT2D eigenvalue weighted by atomic mass is 19.1. The molecule has 0 bridgehead atoms. The minimum Gasteiger partial charge on any atom is -0.494 e. The van der Waals surface area contributed by atoms with Crippen LogP contribution < -0.4 is 10.1 Å². The maximum absolute atomic E-state index is 13.8. The third kappa shape index (κ3) is 2.05. The number of ether oxygens (including phenoxy) is 1. The summed E-state index contributed by atoms with van der Waals surface area (Å²) in [5.74, 6) is 0.807. The summed E-state index contributed by atoms with van der Waals surface area (Å²) in [4.78, 5) is 4.42. The van der Waals surface area contributed by atoms with Crippen LogP contribution >= 0.6 is 0 Å². The number of aryl methyl sites for hydroxylation is 1. The van der Waals surface area contributed by atoms with Crippen LogP contribution in [0.4, 0.5) is 10.3 Å². The zero-order valence-corrected chi connectivity index (χ0v) is 11.0. The zero-order chi connectivity index (χ0) is 13.4. The summed E-state index contributed by atoms with van der Waals surface area (Å²) in [6.45, 7) is 2.80. The summed E-state index contributed by atoms with van der Waals surface area (Å²) < 4.78 is 20.8. The second-order valence-electron chi connectivity index (χ2n) is 4.74. The number of fused-ring (bicyclic) bond motifs is 1. The second-order valence-corrected chi connectivity index (χ2v) is 4.74. The number of nitrogens with one attached hydrogen (secondary N) is 1. The molecule has 0 saturated carbocycles. The Bertz CT molecular complexity index is 609. The van der Waals surface area contributed by atoms with Gasteiger partial charge in [-0.05, 0) is 31.0 Å². The average molecular weight is 261 g/mol. The SMILES string of the molecule is COc1ccc(C2CCNc3nc(C)cn32)cc1F. The highest BCUT2D eigenvalue weighted by Crippen LogP contribution is 2.31. The normalized spacial score (nSPS) is 17.7. The topological polar surface area (TPSA) is 39.1 Å². The monoisotopic (exact) mass is 261 g/mol. The van der Waals surface area contributed by atoms with Crippen molar-refractivity contribution in [2.45, 2.75) is 19.4 Å². The Morgan fingerprint density at radius 3 is 3.05 bits per heavy atom. The number of benzene rings is 1. The van der Waals surface area contributed by atoms with E-state index in [1.54, 1.807) is 12.1 Å². The Morgan fingerprint density at radius 1 is 1.47 bits per heavy atom. The molecule has 1 aliphatic rings. The molecule has 5 heteroatoms. The molecule has 2 aromatic rings. The molecule has 1 aliphatic heterocycles. The van der Waals surface area contributed by atoms with Crippen LogP contribution in [0.1, 0.15) is 23.7 Å². The van der Waals surface area contributed by atoms with Crippen LogP contribution in [0.25, 0.3) is 0 Å². The lowest BCUT2D eigenvalue weighted by molar-refractivity contribution is 0.385. The number of hydrogen-bond donors (Lipinski definition) is 1. The fourth-order valence-electron chi connectivity index (χ4n) is 2.56. The Balaban J connectivity index is 2.01. The van der Waals surface area contributed by atoms with Gasteiger partial charge in [0.15, 0.2) is 11.6 Å². The van der Waals surface area contributed by atoms with Crippen LogP contribution in [0, 0.1) is 12.7 Å². The van der Waals surface area contributed by atoms with E-state index >= 15 is 0 Å². The van der Waals surface area contributed by atoms with Crippen molar-refractivity contribution in [3.05, 3.63) is 41.5 Å². The number of imidazole rings is 1. The van der Waals surface area contributed by atoms with Crippen molar-refractivity contribution >= 4 is 5.95 Å². The van der Waals surface area contributed by atoms with Crippen molar-refractivity contribution < 1.29 is 9.13 Å². The van der Waals surface area contributed by atoms with Crippen LogP contribution in [-0.4, -0.2) is 23.2 Å². The molecular weight excluding hydrogens is 245 g/mol. The molecule has 1 atom stereocenters. The maximum atomic E-state index is 13.8. The minimum atomic E-state index is -0.322. The van der Waals surface area contributed by atoms with E-state index in [9.17, 15) is 4.39 Å². The first kappa shape index (κ1) is 12.0. The zero-order valence-electron chi connectivity index (χ0n) is 11.0. The summed E-state index contributed by atoms with van der Waals surface area (Å²) >= 11 is 0. The van der Waals surface area contributed by atoms with Gasteiger partial charge < -0.3 is 14.6 Å². The summed E-state index contributed by atoms with van der Waals surface area (Å²) in [5.41, 5.74) is 1.90. The summed E-state index contributed by atoms with van der Waals surface area (Å²) in [6.07, 6.45) is 2.91. The lowest BCUT2D eigenvalue weighted by Crippen LogP contribution is -2.23. The summed E-state index contributed by atoms with van der Waals surface area (Å²) in [6, 6.07) is 5.26. The minimum absolute atomic E-state index is 0.123. The van der Waals surface area contributed by atoms with Gasteiger partial charge in [0.1, 0.15) is 0 Å². The van der Waals surface area contributed by atoms with Gasteiger partial charge in [-0.1, -0.05) is 6.07 Å². The largest absolute Gasteiger partial charge is 0.494 e. The number of anilines is 1. The number of rotatable bonds is 2. The third-order valence-corrected chi connectivity index (χ3v) is 3.45. The van der Waals surface area contributed by atoms with Crippen molar-refractivity contribution in [1.82, 2.24) is 9.55 Å². The van der Waals surface area contributed by atoms with E-state index in [1.165, 1.54) is 7.11 Å². The van der Waals surface area contributed by atoms with Crippen molar-refractivity contribution in [1.29, 1.82) is 0 Å². The lowest BCUT2D eigenvalue weighted by atomic mass is 10.0. The molecule has 0 aliphatic carbocycles. The van der Waals surface area contributed by atoms with Gasteiger partial charge in [0, 0.05) is 12.7 Å². The van der Waals surface area contributed by atoms with Crippen LogP contribution in [0.5, 0.6) is 5.75 Å². The van der Waals surface area contributed by atoms with Crippen molar-refractivity contribution in [2.75, 3.05) is 19.0 Å². The molecule has 0 amide bonds. The summed E-state index contributed by atoms with van der Waals surface area (Å²) in [5, 5.41) is 3.25. The van der Waals surface area contributed by atoms with Gasteiger partial charge in [-0.15, -0.1) is 0 Å². The number of aromatic nitrogens is 2. The molecule has 0 saturated heterocycles. The molecule has 1 N–H and O–H groups in total. The molecule has 3 rings (SSSR count).